The van der Waals surface area contributed by atoms with Crippen molar-refractivity contribution in [3.8, 4) is 11.3 Å². The molecular formula is C27H28FN5O3. The summed E-state index contributed by atoms with van der Waals surface area (Å²) in [5.74, 6) is -0.167. The van der Waals surface area contributed by atoms with Crippen LogP contribution in [0.15, 0.2) is 71.9 Å². The molecule has 0 spiro atoms. The summed E-state index contributed by atoms with van der Waals surface area (Å²) in [6.45, 7) is 2.97. The number of amides is 1. The molecule has 5 rings (SSSR count). The van der Waals surface area contributed by atoms with Crippen LogP contribution < -0.4 is 5.56 Å². The Morgan fingerprint density at radius 3 is 2.50 bits per heavy atom. The van der Waals surface area contributed by atoms with Gasteiger partial charge in [0.15, 0.2) is 0 Å². The molecule has 1 aliphatic heterocycles. The first-order valence-corrected chi connectivity index (χ1v) is 12.1. The maximum atomic E-state index is 13.3. The predicted octanol–water partition coefficient (Wildman–Crippen LogP) is 3.24. The standard InChI is InChI=1S/C27H28FN5O3/c1-19(20-5-3-2-4-6-20)15-24(34)31-13-11-27(36,12-14-31)17-32-18-30-33-23(16-29-25(33)26(32)35)21-7-9-22(28)10-8-21/h2-10,16,18-19,36H,11-15,17H2,1H3. The van der Waals surface area contributed by atoms with Gasteiger partial charge in [0.2, 0.25) is 11.6 Å². The van der Waals surface area contributed by atoms with Crippen molar-refractivity contribution in [2.24, 2.45) is 0 Å². The van der Waals surface area contributed by atoms with Crippen LogP contribution in [0, 0.1) is 5.82 Å². The molecule has 0 bridgehead atoms. The van der Waals surface area contributed by atoms with Crippen molar-refractivity contribution < 1.29 is 14.3 Å². The van der Waals surface area contributed by atoms with Gasteiger partial charge in [0.1, 0.15) is 12.1 Å². The summed E-state index contributed by atoms with van der Waals surface area (Å²) >= 11 is 0. The number of imidazole rings is 1. The molecule has 1 amide bonds. The van der Waals surface area contributed by atoms with Crippen molar-refractivity contribution in [3.05, 3.63) is 88.9 Å². The van der Waals surface area contributed by atoms with Gasteiger partial charge in [0, 0.05) is 25.1 Å². The third-order valence-electron chi connectivity index (χ3n) is 7.00. The summed E-state index contributed by atoms with van der Waals surface area (Å²) in [5, 5.41) is 15.6. The van der Waals surface area contributed by atoms with Gasteiger partial charge in [-0.05, 0) is 48.6 Å². The Hall–Kier alpha value is -3.85. The second-order valence-corrected chi connectivity index (χ2v) is 9.57. The average Bonchev–Trinajstić information content (AvgIpc) is 3.32. The van der Waals surface area contributed by atoms with Gasteiger partial charge in [-0.3, -0.25) is 14.2 Å². The third-order valence-corrected chi connectivity index (χ3v) is 7.00. The van der Waals surface area contributed by atoms with Gasteiger partial charge in [-0.2, -0.15) is 5.10 Å². The van der Waals surface area contributed by atoms with E-state index in [-0.39, 0.29) is 35.4 Å². The quantitative estimate of drug-likeness (QED) is 0.449. The fourth-order valence-electron chi connectivity index (χ4n) is 4.77. The molecule has 1 atom stereocenters. The van der Waals surface area contributed by atoms with Crippen molar-refractivity contribution in [1.82, 2.24) is 24.1 Å². The zero-order chi connectivity index (χ0) is 25.3. The first-order chi connectivity index (χ1) is 17.3. The molecule has 1 N–H and O–H groups in total. The number of aromatic nitrogens is 4. The van der Waals surface area contributed by atoms with Crippen molar-refractivity contribution in [3.63, 3.8) is 0 Å². The molecule has 1 saturated heterocycles. The monoisotopic (exact) mass is 489 g/mol. The van der Waals surface area contributed by atoms with Crippen LogP contribution in [0.4, 0.5) is 4.39 Å². The van der Waals surface area contributed by atoms with Gasteiger partial charge in [-0.1, -0.05) is 37.3 Å². The van der Waals surface area contributed by atoms with Gasteiger partial charge in [-0.25, -0.2) is 13.9 Å². The topological polar surface area (TPSA) is 92.7 Å². The van der Waals surface area contributed by atoms with Crippen LogP contribution in [0.5, 0.6) is 0 Å². The van der Waals surface area contributed by atoms with E-state index in [9.17, 15) is 19.1 Å². The van der Waals surface area contributed by atoms with E-state index in [1.807, 2.05) is 37.3 Å². The summed E-state index contributed by atoms with van der Waals surface area (Å²) in [6, 6.07) is 15.8. The highest BCUT2D eigenvalue weighted by atomic mass is 19.1. The Morgan fingerprint density at radius 1 is 1.11 bits per heavy atom. The van der Waals surface area contributed by atoms with Crippen LogP contribution in [-0.2, 0) is 11.3 Å². The Balaban J connectivity index is 1.25. The van der Waals surface area contributed by atoms with Gasteiger partial charge in [0.05, 0.1) is 24.0 Å². The number of aliphatic hydroxyl groups is 1. The average molecular weight is 490 g/mol. The van der Waals surface area contributed by atoms with Gasteiger partial charge < -0.3 is 10.0 Å². The largest absolute Gasteiger partial charge is 0.388 e. The first-order valence-electron chi connectivity index (χ1n) is 12.1. The van der Waals surface area contributed by atoms with Crippen LogP contribution in [0.1, 0.15) is 37.7 Å². The lowest BCUT2D eigenvalue weighted by Gasteiger charge is -2.38. The lowest BCUT2D eigenvalue weighted by Crippen LogP contribution is -2.50. The summed E-state index contributed by atoms with van der Waals surface area (Å²) in [4.78, 5) is 31.9. The van der Waals surface area contributed by atoms with E-state index >= 15 is 0 Å². The minimum atomic E-state index is -1.13. The number of rotatable bonds is 6. The number of nitrogens with zero attached hydrogens (tertiary/aromatic N) is 5. The molecule has 8 nitrogen and oxygen atoms in total. The molecule has 3 heterocycles. The summed E-state index contributed by atoms with van der Waals surface area (Å²) < 4.78 is 16.1. The van der Waals surface area contributed by atoms with E-state index in [1.54, 1.807) is 17.0 Å². The van der Waals surface area contributed by atoms with Crippen LogP contribution >= 0.6 is 0 Å². The van der Waals surface area contributed by atoms with E-state index in [0.717, 1.165) is 5.56 Å². The number of piperidine rings is 1. The molecule has 1 aliphatic rings. The number of carbonyl (C=O) groups excluding carboxylic acids is 1. The normalized spacial score (nSPS) is 16.2. The predicted molar refractivity (Wildman–Crippen MR) is 133 cm³/mol. The summed E-state index contributed by atoms with van der Waals surface area (Å²) in [7, 11) is 0. The summed E-state index contributed by atoms with van der Waals surface area (Å²) in [6.07, 6.45) is 4.06. The number of halogens is 1. The lowest BCUT2D eigenvalue weighted by atomic mass is 9.90. The number of benzene rings is 2. The number of likely N-dealkylation sites (tertiary alicyclic amines) is 1. The molecule has 36 heavy (non-hydrogen) atoms. The number of carbonyl (C=O) groups is 1. The summed E-state index contributed by atoms with van der Waals surface area (Å²) in [5.41, 5.74) is 1.02. The van der Waals surface area contributed by atoms with Crippen molar-refractivity contribution in [2.45, 2.75) is 44.2 Å². The third kappa shape index (κ3) is 4.79. The molecule has 0 saturated carbocycles. The van der Waals surface area contributed by atoms with Crippen LogP contribution in [0.3, 0.4) is 0 Å². The maximum absolute atomic E-state index is 13.3. The fraction of sp³-hybridized carbons (Fsp3) is 0.333. The Labute approximate surface area is 207 Å². The lowest BCUT2D eigenvalue weighted by molar-refractivity contribution is -0.136. The van der Waals surface area contributed by atoms with Crippen molar-refractivity contribution >= 4 is 11.6 Å². The van der Waals surface area contributed by atoms with Crippen molar-refractivity contribution in [2.75, 3.05) is 13.1 Å². The molecule has 9 heteroatoms. The minimum absolute atomic E-state index is 0.0660. The highest BCUT2D eigenvalue weighted by Gasteiger charge is 2.35. The number of hydrogen-bond acceptors (Lipinski definition) is 5. The highest BCUT2D eigenvalue weighted by molar-refractivity contribution is 5.77. The zero-order valence-corrected chi connectivity index (χ0v) is 20.0. The molecular weight excluding hydrogens is 461 g/mol. The van der Waals surface area contributed by atoms with Gasteiger partial charge in [0.25, 0.3) is 5.56 Å². The second-order valence-electron chi connectivity index (χ2n) is 9.57. The van der Waals surface area contributed by atoms with Crippen LogP contribution in [0.25, 0.3) is 16.9 Å². The molecule has 2 aromatic heterocycles. The number of fused-ring (bicyclic) bond motifs is 1. The van der Waals surface area contributed by atoms with Crippen LogP contribution in [-0.4, -0.2) is 53.8 Å². The molecule has 0 radical (unpaired) electrons. The minimum Gasteiger partial charge on any atom is -0.388 e. The second kappa shape index (κ2) is 9.66. The number of hydrogen-bond donors (Lipinski definition) is 1. The molecule has 186 valence electrons. The van der Waals surface area contributed by atoms with E-state index in [0.29, 0.717) is 43.6 Å². The SMILES string of the molecule is CC(CC(=O)N1CCC(O)(Cn2cnn3c(-c4ccc(F)cc4)cnc3c2=O)CC1)c1ccccc1. The van der Waals surface area contributed by atoms with Crippen LogP contribution in [0.2, 0.25) is 0 Å². The smallest absolute Gasteiger partial charge is 0.296 e. The van der Waals surface area contributed by atoms with Gasteiger partial charge >= 0.3 is 0 Å². The highest BCUT2D eigenvalue weighted by Crippen LogP contribution is 2.26. The van der Waals surface area contributed by atoms with E-state index in [1.165, 1.54) is 33.7 Å². The molecule has 4 aromatic rings. The van der Waals surface area contributed by atoms with E-state index < -0.39 is 5.60 Å². The Morgan fingerprint density at radius 2 is 1.81 bits per heavy atom. The molecule has 2 aromatic carbocycles. The van der Waals surface area contributed by atoms with Gasteiger partial charge in [-0.15, -0.1) is 0 Å². The first kappa shape index (κ1) is 23.9. The van der Waals surface area contributed by atoms with Crippen molar-refractivity contribution in [1.29, 1.82) is 0 Å². The molecule has 0 aliphatic carbocycles. The zero-order valence-electron chi connectivity index (χ0n) is 20.0. The fourth-order valence-corrected chi connectivity index (χ4v) is 4.77. The maximum Gasteiger partial charge on any atom is 0.296 e. The Kier molecular flexibility index (Phi) is 6.40. The van der Waals surface area contributed by atoms with E-state index in [4.69, 9.17) is 0 Å². The molecule has 1 unspecified atom stereocenters. The Bertz CT molecular complexity index is 1420. The van der Waals surface area contributed by atoms with E-state index in [2.05, 4.69) is 10.1 Å². The molecule has 1 fully saturated rings.